The minimum absolute atomic E-state index is 0.544. The third kappa shape index (κ3) is 2.06. The number of anilines is 2. The maximum Gasteiger partial charge on any atom is 0.227 e. The first kappa shape index (κ1) is 9.91. The van der Waals surface area contributed by atoms with Gasteiger partial charge in [-0.3, -0.25) is 0 Å². The number of morpholine rings is 1. The van der Waals surface area contributed by atoms with E-state index in [9.17, 15) is 0 Å². The molecule has 0 saturated carbocycles. The van der Waals surface area contributed by atoms with Crippen LogP contribution in [0.3, 0.4) is 0 Å². The molecule has 5 nitrogen and oxygen atoms in total. The number of nitrogens with two attached hydrogens (primary N) is 1. The Kier molecular flexibility index (Phi) is 3.02. The van der Waals surface area contributed by atoms with Crippen molar-refractivity contribution in [3.8, 4) is 0 Å². The Morgan fingerprint density at radius 1 is 1.43 bits per heavy atom. The van der Waals surface area contributed by atoms with Gasteiger partial charge in [0.25, 0.3) is 0 Å². The van der Waals surface area contributed by atoms with E-state index >= 15 is 0 Å². The molecule has 76 valence electrons. The molecule has 0 amide bonds. The van der Waals surface area contributed by atoms with Crippen LogP contribution in [0.4, 0.5) is 11.8 Å². The van der Waals surface area contributed by atoms with Crippen LogP contribution in [-0.2, 0) is 4.74 Å². The van der Waals surface area contributed by atoms with Gasteiger partial charge in [-0.05, 0) is 22.6 Å². The number of ether oxygens (including phenoxy) is 1. The van der Waals surface area contributed by atoms with Crippen molar-refractivity contribution in [1.82, 2.24) is 9.97 Å². The highest BCUT2D eigenvalue weighted by Gasteiger charge is 2.14. The normalized spacial score (nSPS) is 17.1. The van der Waals surface area contributed by atoms with Crippen molar-refractivity contribution in [2.24, 2.45) is 0 Å². The Morgan fingerprint density at radius 3 is 2.79 bits per heavy atom. The van der Waals surface area contributed by atoms with E-state index in [0.29, 0.717) is 11.8 Å². The van der Waals surface area contributed by atoms with E-state index in [1.807, 2.05) is 0 Å². The maximum atomic E-state index is 5.71. The highest BCUT2D eigenvalue weighted by Crippen LogP contribution is 2.15. The zero-order chi connectivity index (χ0) is 9.97. The van der Waals surface area contributed by atoms with Crippen LogP contribution in [0, 0.1) is 3.57 Å². The van der Waals surface area contributed by atoms with Crippen LogP contribution in [-0.4, -0.2) is 36.3 Å². The molecule has 0 bridgehead atoms. The van der Waals surface area contributed by atoms with Crippen molar-refractivity contribution in [3.05, 3.63) is 9.77 Å². The second kappa shape index (κ2) is 4.26. The zero-order valence-corrected chi connectivity index (χ0v) is 9.77. The number of hydrogen-bond acceptors (Lipinski definition) is 5. The first-order valence-corrected chi connectivity index (χ1v) is 5.46. The number of halogens is 1. The van der Waals surface area contributed by atoms with Crippen LogP contribution < -0.4 is 10.6 Å². The van der Waals surface area contributed by atoms with Crippen LogP contribution in [0.1, 0.15) is 0 Å². The van der Waals surface area contributed by atoms with E-state index in [1.54, 1.807) is 6.20 Å². The van der Waals surface area contributed by atoms with Gasteiger partial charge in [0, 0.05) is 19.3 Å². The molecule has 1 fully saturated rings. The Bertz CT molecular complexity index is 327. The number of hydrogen-bond donors (Lipinski definition) is 1. The van der Waals surface area contributed by atoms with Gasteiger partial charge in [-0.1, -0.05) is 0 Å². The van der Waals surface area contributed by atoms with Crippen molar-refractivity contribution >= 4 is 34.4 Å². The van der Waals surface area contributed by atoms with E-state index in [0.717, 1.165) is 29.9 Å². The molecule has 0 unspecified atom stereocenters. The van der Waals surface area contributed by atoms with Crippen molar-refractivity contribution in [1.29, 1.82) is 0 Å². The molecule has 6 heteroatoms. The topological polar surface area (TPSA) is 64.3 Å². The zero-order valence-electron chi connectivity index (χ0n) is 7.61. The summed E-state index contributed by atoms with van der Waals surface area (Å²) in [4.78, 5) is 10.5. The largest absolute Gasteiger partial charge is 0.383 e. The standard InChI is InChI=1S/C8H11IN4O/c9-6-5-11-8(12-7(6)10)13-1-3-14-4-2-13/h5H,1-4H2,(H2,10,11,12). The fraction of sp³-hybridized carbons (Fsp3) is 0.500. The van der Waals surface area contributed by atoms with E-state index < -0.39 is 0 Å². The van der Waals surface area contributed by atoms with Crippen LogP contribution in [0.25, 0.3) is 0 Å². The summed E-state index contributed by atoms with van der Waals surface area (Å²) >= 11 is 2.12. The number of nitrogens with zero attached hydrogens (tertiary/aromatic N) is 3. The summed E-state index contributed by atoms with van der Waals surface area (Å²) in [7, 11) is 0. The molecule has 0 radical (unpaired) electrons. The van der Waals surface area contributed by atoms with Gasteiger partial charge in [-0.25, -0.2) is 4.98 Å². The molecule has 1 aliphatic heterocycles. The van der Waals surface area contributed by atoms with E-state index in [1.165, 1.54) is 0 Å². The Balaban J connectivity index is 2.18. The van der Waals surface area contributed by atoms with Crippen molar-refractivity contribution < 1.29 is 4.74 Å². The van der Waals surface area contributed by atoms with Gasteiger partial charge >= 0.3 is 0 Å². The van der Waals surface area contributed by atoms with Gasteiger partial charge < -0.3 is 15.4 Å². The lowest BCUT2D eigenvalue weighted by Crippen LogP contribution is -2.37. The third-order valence-electron chi connectivity index (χ3n) is 2.05. The van der Waals surface area contributed by atoms with Crippen LogP contribution in [0.5, 0.6) is 0 Å². The summed E-state index contributed by atoms with van der Waals surface area (Å²) in [6.07, 6.45) is 1.74. The van der Waals surface area contributed by atoms with Crippen LogP contribution >= 0.6 is 22.6 Å². The minimum Gasteiger partial charge on any atom is -0.383 e. The van der Waals surface area contributed by atoms with Gasteiger partial charge in [0.2, 0.25) is 5.95 Å². The predicted octanol–water partition coefficient (Wildman–Crippen LogP) is 0.500. The van der Waals surface area contributed by atoms with Crippen molar-refractivity contribution in [2.75, 3.05) is 36.9 Å². The predicted molar refractivity (Wildman–Crippen MR) is 62.2 cm³/mol. The third-order valence-corrected chi connectivity index (χ3v) is 2.88. The molecule has 0 aliphatic carbocycles. The molecule has 0 spiro atoms. The van der Waals surface area contributed by atoms with E-state index in [-0.39, 0.29) is 0 Å². The average Bonchev–Trinajstić information content (AvgIpc) is 2.23. The molecule has 2 rings (SSSR count). The van der Waals surface area contributed by atoms with Gasteiger partial charge in [0.05, 0.1) is 16.8 Å². The molecule has 0 aromatic carbocycles. The highest BCUT2D eigenvalue weighted by molar-refractivity contribution is 14.1. The highest BCUT2D eigenvalue weighted by atomic mass is 127. The van der Waals surface area contributed by atoms with Crippen molar-refractivity contribution in [3.63, 3.8) is 0 Å². The molecule has 1 aliphatic rings. The molecule has 14 heavy (non-hydrogen) atoms. The summed E-state index contributed by atoms with van der Waals surface area (Å²) in [5, 5.41) is 0. The summed E-state index contributed by atoms with van der Waals surface area (Å²) in [5.74, 6) is 1.24. The minimum atomic E-state index is 0.544. The molecule has 1 aromatic rings. The number of rotatable bonds is 1. The summed E-state index contributed by atoms with van der Waals surface area (Å²) < 4.78 is 6.13. The van der Waals surface area contributed by atoms with E-state index in [4.69, 9.17) is 10.5 Å². The molecule has 0 atom stereocenters. The van der Waals surface area contributed by atoms with E-state index in [2.05, 4.69) is 37.5 Å². The lowest BCUT2D eigenvalue weighted by atomic mass is 10.4. The second-order valence-electron chi connectivity index (χ2n) is 3.00. The smallest absolute Gasteiger partial charge is 0.227 e. The van der Waals surface area contributed by atoms with Gasteiger partial charge in [0.15, 0.2) is 0 Å². The summed E-state index contributed by atoms with van der Waals surface area (Å²) in [6, 6.07) is 0. The Hall–Kier alpha value is -0.630. The molecule has 1 aromatic heterocycles. The fourth-order valence-corrected chi connectivity index (χ4v) is 1.55. The maximum absolute atomic E-state index is 5.71. The summed E-state index contributed by atoms with van der Waals surface area (Å²) in [6.45, 7) is 3.13. The lowest BCUT2D eigenvalue weighted by Gasteiger charge is -2.26. The second-order valence-corrected chi connectivity index (χ2v) is 4.16. The molecular formula is C8H11IN4O. The quantitative estimate of drug-likeness (QED) is 0.766. The molecule has 1 saturated heterocycles. The Morgan fingerprint density at radius 2 is 2.14 bits per heavy atom. The first-order chi connectivity index (χ1) is 6.77. The van der Waals surface area contributed by atoms with Gasteiger partial charge in [-0.2, -0.15) is 4.98 Å². The number of aromatic nitrogens is 2. The van der Waals surface area contributed by atoms with Crippen molar-refractivity contribution in [2.45, 2.75) is 0 Å². The lowest BCUT2D eigenvalue weighted by molar-refractivity contribution is 0.122. The van der Waals surface area contributed by atoms with Gasteiger partial charge in [-0.15, -0.1) is 0 Å². The average molecular weight is 306 g/mol. The van der Waals surface area contributed by atoms with Crippen LogP contribution in [0.2, 0.25) is 0 Å². The number of nitrogen functional groups attached to an aromatic ring is 1. The Labute approximate surface area is 95.8 Å². The molecule has 2 N–H and O–H groups in total. The molecular weight excluding hydrogens is 295 g/mol. The SMILES string of the molecule is Nc1nc(N2CCOCC2)ncc1I. The van der Waals surface area contributed by atoms with Gasteiger partial charge in [0.1, 0.15) is 5.82 Å². The summed E-state index contributed by atoms with van der Waals surface area (Å²) in [5.41, 5.74) is 5.71. The van der Waals surface area contributed by atoms with Crippen LogP contribution in [0.15, 0.2) is 6.20 Å². The fourth-order valence-electron chi connectivity index (χ4n) is 1.29. The molecule has 2 heterocycles. The monoisotopic (exact) mass is 306 g/mol. The first-order valence-electron chi connectivity index (χ1n) is 4.38.